The molecule has 1 unspecified atom stereocenters. The molecule has 6 nitrogen and oxygen atoms in total. The summed E-state index contributed by atoms with van der Waals surface area (Å²) in [6.45, 7) is 1.78. The summed E-state index contributed by atoms with van der Waals surface area (Å²) >= 11 is 0. The number of methoxy groups -OCH3 is 1. The van der Waals surface area contributed by atoms with Gasteiger partial charge in [-0.25, -0.2) is 0 Å². The highest BCUT2D eigenvalue weighted by molar-refractivity contribution is 5.46. The predicted octanol–water partition coefficient (Wildman–Crippen LogP) is 2.70. The van der Waals surface area contributed by atoms with Crippen LogP contribution in [0, 0.1) is 10.1 Å². The maximum atomic E-state index is 11.1. The molecule has 0 spiro atoms. The Morgan fingerprint density at radius 1 is 1.33 bits per heavy atom. The van der Waals surface area contributed by atoms with Gasteiger partial charge in [-0.1, -0.05) is 24.3 Å². The first-order valence-electron chi connectivity index (χ1n) is 7.88. The van der Waals surface area contributed by atoms with Crippen molar-refractivity contribution in [2.24, 2.45) is 0 Å². The molecular weight excluding hydrogens is 308 g/mol. The highest BCUT2D eigenvalue weighted by Gasteiger charge is 2.25. The van der Waals surface area contributed by atoms with E-state index in [9.17, 15) is 15.2 Å². The molecule has 1 aliphatic heterocycles. The first-order valence-corrected chi connectivity index (χ1v) is 7.88. The van der Waals surface area contributed by atoms with Crippen LogP contribution < -0.4 is 4.74 Å². The van der Waals surface area contributed by atoms with Crippen molar-refractivity contribution >= 4 is 5.69 Å². The van der Waals surface area contributed by atoms with Gasteiger partial charge < -0.3 is 9.84 Å². The number of aliphatic hydroxyl groups is 1. The van der Waals surface area contributed by atoms with E-state index in [1.807, 2.05) is 30.3 Å². The molecule has 0 bridgehead atoms. The zero-order chi connectivity index (χ0) is 17.1. The molecule has 3 rings (SSSR count). The minimum Gasteiger partial charge on any atom is -0.497 e. The summed E-state index contributed by atoms with van der Waals surface area (Å²) in [5.74, 6) is 0.714. The predicted molar refractivity (Wildman–Crippen MR) is 90.0 cm³/mol. The first-order chi connectivity index (χ1) is 11.6. The summed E-state index contributed by atoms with van der Waals surface area (Å²) in [7, 11) is 1.60. The number of hydrogen-bond acceptors (Lipinski definition) is 5. The number of aliphatic hydroxyl groups excluding tert-OH is 1. The van der Waals surface area contributed by atoms with Crippen LogP contribution in [-0.4, -0.2) is 35.1 Å². The van der Waals surface area contributed by atoms with Gasteiger partial charge in [0, 0.05) is 31.3 Å². The third kappa shape index (κ3) is 3.39. The number of nitrogens with zero attached hydrogens (tertiary/aromatic N) is 2. The number of nitro benzene ring substituents is 1. The van der Waals surface area contributed by atoms with Gasteiger partial charge in [0.1, 0.15) is 5.75 Å². The molecule has 24 heavy (non-hydrogen) atoms. The Labute approximate surface area is 140 Å². The minimum absolute atomic E-state index is 0.195. The van der Waals surface area contributed by atoms with Gasteiger partial charge in [0.05, 0.1) is 18.1 Å². The zero-order valence-corrected chi connectivity index (χ0v) is 13.5. The average Bonchev–Trinajstić information content (AvgIpc) is 2.60. The Bertz CT molecular complexity index is 748. The van der Waals surface area contributed by atoms with Gasteiger partial charge in [-0.05, 0) is 29.7 Å². The van der Waals surface area contributed by atoms with Gasteiger partial charge in [-0.2, -0.15) is 0 Å². The summed E-state index contributed by atoms with van der Waals surface area (Å²) in [4.78, 5) is 12.9. The van der Waals surface area contributed by atoms with Crippen LogP contribution in [0.4, 0.5) is 5.69 Å². The van der Waals surface area contributed by atoms with Crippen molar-refractivity contribution in [3.63, 3.8) is 0 Å². The summed E-state index contributed by atoms with van der Waals surface area (Å²) in [5.41, 5.74) is 2.78. The topological polar surface area (TPSA) is 75.8 Å². The number of hydrogen-bond donors (Lipinski definition) is 1. The molecule has 1 aliphatic rings. The molecular formula is C18H20N2O4. The van der Waals surface area contributed by atoms with Crippen LogP contribution in [0.25, 0.3) is 0 Å². The van der Waals surface area contributed by atoms with E-state index in [0.29, 0.717) is 31.8 Å². The number of rotatable bonds is 5. The Morgan fingerprint density at radius 2 is 2.12 bits per heavy atom. The second-order valence-electron chi connectivity index (χ2n) is 5.95. The lowest BCUT2D eigenvalue weighted by atomic mass is 9.97. The lowest BCUT2D eigenvalue weighted by Gasteiger charge is -2.30. The van der Waals surface area contributed by atoms with E-state index in [2.05, 4.69) is 4.90 Å². The van der Waals surface area contributed by atoms with Crippen molar-refractivity contribution in [1.82, 2.24) is 4.90 Å². The van der Waals surface area contributed by atoms with E-state index < -0.39 is 6.10 Å². The summed E-state index contributed by atoms with van der Waals surface area (Å²) < 4.78 is 5.19. The van der Waals surface area contributed by atoms with Crippen LogP contribution >= 0.6 is 0 Å². The highest BCUT2D eigenvalue weighted by Crippen LogP contribution is 2.29. The largest absolute Gasteiger partial charge is 0.497 e. The van der Waals surface area contributed by atoms with Crippen LogP contribution in [0.1, 0.15) is 22.8 Å². The molecule has 0 saturated heterocycles. The fraction of sp³-hybridized carbons (Fsp3) is 0.333. The van der Waals surface area contributed by atoms with E-state index in [0.717, 1.165) is 16.7 Å². The second kappa shape index (κ2) is 6.98. The van der Waals surface area contributed by atoms with Crippen molar-refractivity contribution in [3.8, 4) is 5.75 Å². The Kier molecular flexibility index (Phi) is 4.78. The molecule has 6 heteroatoms. The number of nitro groups is 1. The Hall–Kier alpha value is -2.44. The van der Waals surface area contributed by atoms with Crippen LogP contribution in [0.2, 0.25) is 0 Å². The number of fused-ring (bicyclic) bond motifs is 1. The summed E-state index contributed by atoms with van der Waals surface area (Å²) in [5, 5.41) is 21.6. The maximum Gasteiger partial charge on any atom is 0.272 e. The van der Waals surface area contributed by atoms with Crippen molar-refractivity contribution < 1.29 is 14.8 Å². The molecule has 1 N–H and O–H groups in total. The maximum absolute atomic E-state index is 11.1. The molecule has 126 valence electrons. The lowest BCUT2D eigenvalue weighted by Crippen LogP contribution is -2.34. The van der Waals surface area contributed by atoms with Crippen molar-refractivity contribution in [3.05, 3.63) is 69.3 Å². The highest BCUT2D eigenvalue weighted by atomic mass is 16.6. The summed E-state index contributed by atoms with van der Waals surface area (Å²) in [6, 6.07) is 12.6. The number of ether oxygens (including phenoxy) is 1. The third-order valence-corrected chi connectivity index (χ3v) is 4.43. The second-order valence-corrected chi connectivity index (χ2v) is 5.95. The minimum atomic E-state index is -0.625. The van der Waals surface area contributed by atoms with Crippen LogP contribution in [-0.2, 0) is 13.0 Å². The normalized spacial score (nSPS) is 15.6. The van der Waals surface area contributed by atoms with Gasteiger partial charge in [0.15, 0.2) is 0 Å². The smallest absolute Gasteiger partial charge is 0.272 e. The zero-order valence-electron chi connectivity index (χ0n) is 13.5. The molecule has 0 amide bonds. The van der Waals surface area contributed by atoms with Gasteiger partial charge in [-0.15, -0.1) is 0 Å². The van der Waals surface area contributed by atoms with Gasteiger partial charge in [-0.3, -0.25) is 15.0 Å². The molecule has 0 saturated carbocycles. The van der Waals surface area contributed by atoms with Crippen LogP contribution in [0.5, 0.6) is 5.75 Å². The standard InChI is InChI=1S/C18H20N2O4/c1-24-15-6-2-4-13(10-15)18(21)12-19-9-8-16-14(11-19)5-3-7-17(16)20(22)23/h2-7,10,18,21H,8-9,11-12H2,1H3. The van der Waals surface area contributed by atoms with Gasteiger partial charge in [0.25, 0.3) is 5.69 Å². The molecule has 0 radical (unpaired) electrons. The lowest BCUT2D eigenvalue weighted by molar-refractivity contribution is -0.385. The fourth-order valence-corrected chi connectivity index (χ4v) is 3.17. The van der Waals surface area contributed by atoms with E-state index >= 15 is 0 Å². The molecule has 2 aromatic carbocycles. The van der Waals surface area contributed by atoms with Gasteiger partial charge in [0.2, 0.25) is 0 Å². The molecule has 0 aliphatic carbocycles. The van der Waals surface area contributed by atoms with Crippen LogP contribution in [0.3, 0.4) is 0 Å². The molecule has 0 aromatic heterocycles. The SMILES string of the molecule is COc1cccc(C(O)CN2CCc3c(cccc3[N+](=O)[O-])C2)c1. The van der Waals surface area contributed by atoms with Crippen molar-refractivity contribution in [2.75, 3.05) is 20.2 Å². The van der Waals surface area contributed by atoms with E-state index in [1.165, 1.54) is 0 Å². The number of benzene rings is 2. The Balaban J connectivity index is 1.72. The number of β-amino-alcohol motifs (C(OH)–C–C–N with tert-alkyl or cyclic N) is 1. The van der Waals surface area contributed by atoms with Crippen molar-refractivity contribution in [2.45, 2.75) is 19.1 Å². The molecule has 1 atom stereocenters. The fourth-order valence-electron chi connectivity index (χ4n) is 3.17. The van der Waals surface area contributed by atoms with Gasteiger partial charge >= 0.3 is 0 Å². The monoisotopic (exact) mass is 328 g/mol. The molecule has 0 fully saturated rings. The first kappa shape index (κ1) is 16.4. The van der Waals surface area contributed by atoms with E-state index in [-0.39, 0.29) is 10.6 Å². The average molecular weight is 328 g/mol. The molecule has 1 heterocycles. The summed E-state index contributed by atoms with van der Waals surface area (Å²) in [6.07, 6.45) is -0.00234. The van der Waals surface area contributed by atoms with Crippen molar-refractivity contribution in [1.29, 1.82) is 0 Å². The van der Waals surface area contributed by atoms with E-state index in [1.54, 1.807) is 19.2 Å². The Morgan fingerprint density at radius 3 is 2.88 bits per heavy atom. The van der Waals surface area contributed by atoms with E-state index in [4.69, 9.17) is 4.74 Å². The quantitative estimate of drug-likeness (QED) is 0.674. The van der Waals surface area contributed by atoms with Crippen LogP contribution in [0.15, 0.2) is 42.5 Å². The third-order valence-electron chi connectivity index (χ3n) is 4.43. The molecule has 2 aromatic rings.